The Kier molecular flexibility index (Phi) is 4.87. The van der Waals surface area contributed by atoms with E-state index in [-0.39, 0.29) is 24.4 Å². The van der Waals surface area contributed by atoms with E-state index < -0.39 is 11.6 Å². The van der Waals surface area contributed by atoms with Crippen LogP contribution in [0.2, 0.25) is 0 Å². The summed E-state index contributed by atoms with van der Waals surface area (Å²) in [4.78, 5) is 38.3. The number of imide groups is 1. The molecule has 3 fully saturated rings. The maximum atomic E-state index is 12.8. The van der Waals surface area contributed by atoms with Crippen LogP contribution < -0.4 is 10.6 Å². The Balaban J connectivity index is 1.62. The van der Waals surface area contributed by atoms with E-state index in [0.29, 0.717) is 12.8 Å². The van der Waals surface area contributed by atoms with Crippen LogP contribution in [0.4, 0.5) is 4.79 Å². The molecule has 1 saturated heterocycles. The summed E-state index contributed by atoms with van der Waals surface area (Å²) in [6.07, 6.45) is 11.0. The van der Waals surface area contributed by atoms with Gasteiger partial charge in [-0.3, -0.25) is 14.5 Å². The van der Waals surface area contributed by atoms with Crippen LogP contribution in [0.1, 0.15) is 70.6 Å². The second-order valence-electron chi connectivity index (χ2n) is 7.22. The first-order chi connectivity index (χ1) is 11.1. The molecule has 3 aliphatic rings. The Morgan fingerprint density at radius 3 is 2.30 bits per heavy atom. The van der Waals surface area contributed by atoms with Crippen LogP contribution in [0.25, 0.3) is 0 Å². The van der Waals surface area contributed by atoms with Gasteiger partial charge in [0.15, 0.2) is 0 Å². The van der Waals surface area contributed by atoms with Gasteiger partial charge in [0.05, 0.1) is 0 Å². The normalized spacial score (nSPS) is 25.3. The molecule has 23 heavy (non-hydrogen) atoms. The molecule has 1 heterocycles. The molecule has 0 unspecified atom stereocenters. The number of amides is 4. The number of carbonyl (C=O) groups is 3. The summed E-state index contributed by atoms with van der Waals surface area (Å²) in [6, 6.07) is -0.198. The lowest BCUT2D eigenvalue weighted by molar-refractivity contribution is -0.135. The highest BCUT2D eigenvalue weighted by Gasteiger charge is 2.50. The summed E-state index contributed by atoms with van der Waals surface area (Å²) >= 11 is 0. The highest BCUT2D eigenvalue weighted by molar-refractivity contribution is 6.09. The first-order valence-corrected chi connectivity index (χ1v) is 9.04. The molecule has 6 nitrogen and oxygen atoms in total. The second kappa shape index (κ2) is 6.89. The smallest absolute Gasteiger partial charge is 0.325 e. The highest BCUT2D eigenvalue weighted by Crippen LogP contribution is 2.32. The minimum Gasteiger partial charge on any atom is -0.352 e. The van der Waals surface area contributed by atoms with Crippen molar-refractivity contribution in [3.8, 4) is 0 Å². The van der Waals surface area contributed by atoms with Crippen molar-refractivity contribution in [2.45, 2.75) is 82.2 Å². The van der Waals surface area contributed by atoms with E-state index in [9.17, 15) is 14.4 Å². The van der Waals surface area contributed by atoms with Gasteiger partial charge in [-0.15, -0.1) is 0 Å². The molecule has 0 bridgehead atoms. The zero-order chi connectivity index (χ0) is 16.3. The van der Waals surface area contributed by atoms with Gasteiger partial charge in [0, 0.05) is 6.04 Å². The van der Waals surface area contributed by atoms with Gasteiger partial charge < -0.3 is 10.6 Å². The monoisotopic (exact) mass is 321 g/mol. The molecule has 0 aromatic carbocycles. The lowest BCUT2D eigenvalue weighted by Crippen LogP contribution is -2.48. The van der Waals surface area contributed by atoms with Gasteiger partial charge in [-0.2, -0.15) is 0 Å². The SMILES string of the molecule is O=C(CN1C(=O)NC2(CCCCCCC2)C1=O)NC1CCCC1. The average molecular weight is 321 g/mol. The van der Waals surface area contributed by atoms with Gasteiger partial charge >= 0.3 is 6.03 Å². The van der Waals surface area contributed by atoms with Crippen molar-refractivity contribution in [1.82, 2.24) is 15.5 Å². The quantitative estimate of drug-likeness (QED) is 0.781. The third kappa shape index (κ3) is 3.51. The number of hydrogen-bond donors (Lipinski definition) is 2. The maximum Gasteiger partial charge on any atom is 0.325 e. The van der Waals surface area contributed by atoms with E-state index in [2.05, 4.69) is 10.6 Å². The minimum atomic E-state index is -0.759. The van der Waals surface area contributed by atoms with E-state index in [0.717, 1.165) is 56.3 Å². The average Bonchev–Trinajstić information content (AvgIpc) is 3.06. The van der Waals surface area contributed by atoms with Crippen molar-refractivity contribution in [3.63, 3.8) is 0 Å². The molecule has 0 aromatic rings. The molecule has 4 amide bonds. The van der Waals surface area contributed by atoms with Crippen LogP contribution >= 0.6 is 0 Å². The van der Waals surface area contributed by atoms with Gasteiger partial charge in [0.25, 0.3) is 5.91 Å². The van der Waals surface area contributed by atoms with Crippen LogP contribution in [0.15, 0.2) is 0 Å². The third-order valence-corrected chi connectivity index (χ3v) is 5.48. The summed E-state index contributed by atoms with van der Waals surface area (Å²) in [6.45, 7) is -0.150. The predicted octanol–water partition coefficient (Wildman–Crippen LogP) is 2.08. The molecule has 2 N–H and O–H groups in total. The largest absolute Gasteiger partial charge is 0.352 e. The Bertz CT molecular complexity index is 477. The molecule has 3 rings (SSSR count). The van der Waals surface area contributed by atoms with E-state index in [4.69, 9.17) is 0 Å². The Hall–Kier alpha value is -1.59. The molecule has 0 radical (unpaired) electrons. The van der Waals surface area contributed by atoms with Gasteiger partial charge in [-0.1, -0.05) is 44.9 Å². The third-order valence-electron chi connectivity index (χ3n) is 5.48. The van der Waals surface area contributed by atoms with Crippen LogP contribution in [0.5, 0.6) is 0 Å². The standard InChI is InChI=1S/C17H27N3O3/c21-14(18-13-8-4-5-9-13)12-20-15(22)17(19-16(20)23)10-6-2-1-3-7-11-17/h13H,1-12H2,(H,18,21)(H,19,23). The number of carbonyl (C=O) groups excluding carboxylic acids is 3. The van der Waals surface area contributed by atoms with Crippen molar-refractivity contribution < 1.29 is 14.4 Å². The van der Waals surface area contributed by atoms with E-state index in [1.54, 1.807) is 0 Å². The first-order valence-electron chi connectivity index (χ1n) is 9.04. The van der Waals surface area contributed by atoms with Crippen molar-refractivity contribution in [2.75, 3.05) is 6.54 Å². The molecule has 6 heteroatoms. The maximum absolute atomic E-state index is 12.8. The summed E-state index contributed by atoms with van der Waals surface area (Å²) in [7, 11) is 0. The number of hydrogen-bond acceptors (Lipinski definition) is 3. The molecular formula is C17H27N3O3. The summed E-state index contributed by atoms with van der Waals surface area (Å²) in [5, 5.41) is 5.84. The first kappa shape index (κ1) is 16.3. The fourth-order valence-corrected chi connectivity index (χ4v) is 4.15. The second-order valence-corrected chi connectivity index (χ2v) is 7.22. The van der Waals surface area contributed by atoms with Crippen LogP contribution in [-0.4, -0.2) is 40.9 Å². The van der Waals surface area contributed by atoms with Crippen molar-refractivity contribution in [3.05, 3.63) is 0 Å². The topological polar surface area (TPSA) is 78.5 Å². The minimum absolute atomic E-state index is 0.150. The Morgan fingerprint density at radius 1 is 1.04 bits per heavy atom. The van der Waals surface area contributed by atoms with Gasteiger partial charge in [-0.05, 0) is 25.7 Å². The lowest BCUT2D eigenvalue weighted by Gasteiger charge is -2.28. The molecule has 0 aromatic heterocycles. The fourth-order valence-electron chi connectivity index (χ4n) is 4.15. The van der Waals surface area contributed by atoms with E-state index >= 15 is 0 Å². The Morgan fingerprint density at radius 2 is 1.65 bits per heavy atom. The van der Waals surface area contributed by atoms with Crippen molar-refractivity contribution in [2.24, 2.45) is 0 Å². The molecule has 1 spiro atoms. The molecule has 2 saturated carbocycles. The molecule has 128 valence electrons. The Labute approximate surface area is 137 Å². The summed E-state index contributed by atoms with van der Waals surface area (Å²) in [5.41, 5.74) is -0.759. The number of nitrogens with one attached hydrogen (secondary N) is 2. The van der Waals surface area contributed by atoms with Crippen LogP contribution in [-0.2, 0) is 9.59 Å². The number of nitrogens with zero attached hydrogens (tertiary/aromatic N) is 1. The van der Waals surface area contributed by atoms with Gasteiger partial charge in [0.1, 0.15) is 12.1 Å². The summed E-state index contributed by atoms with van der Waals surface area (Å²) in [5.74, 6) is -0.422. The zero-order valence-electron chi connectivity index (χ0n) is 13.7. The number of rotatable bonds is 3. The molecule has 1 aliphatic heterocycles. The molecule has 2 aliphatic carbocycles. The highest BCUT2D eigenvalue weighted by atomic mass is 16.2. The molecular weight excluding hydrogens is 294 g/mol. The summed E-state index contributed by atoms with van der Waals surface area (Å²) < 4.78 is 0. The molecule has 0 atom stereocenters. The van der Waals surface area contributed by atoms with Gasteiger partial charge in [0.2, 0.25) is 5.91 Å². The van der Waals surface area contributed by atoms with Crippen LogP contribution in [0.3, 0.4) is 0 Å². The lowest BCUT2D eigenvalue weighted by atomic mass is 9.84. The van der Waals surface area contributed by atoms with Crippen LogP contribution in [0, 0.1) is 0 Å². The van der Waals surface area contributed by atoms with Crippen molar-refractivity contribution >= 4 is 17.8 Å². The van der Waals surface area contributed by atoms with E-state index in [1.807, 2.05) is 0 Å². The van der Waals surface area contributed by atoms with Crippen molar-refractivity contribution in [1.29, 1.82) is 0 Å². The fraction of sp³-hybridized carbons (Fsp3) is 0.824. The predicted molar refractivity (Wildman–Crippen MR) is 85.7 cm³/mol. The zero-order valence-corrected chi connectivity index (χ0v) is 13.7. The number of urea groups is 1. The van der Waals surface area contributed by atoms with E-state index in [1.165, 1.54) is 6.42 Å². The van der Waals surface area contributed by atoms with Gasteiger partial charge in [-0.25, -0.2) is 4.79 Å².